The Bertz CT molecular complexity index is 272. The quantitative estimate of drug-likeness (QED) is 0.764. The van der Waals surface area contributed by atoms with E-state index >= 15 is 0 Å². The molecule has 1 heterocycles. The smallest absolute Gasteiger partial charge is 0.171 e. The van der Waals surface area contributed by atoms with E-state index in [9.17, 15) is 0 Å². The summed E-state index contributed by atoms with van der Waals surface area (Å²) in [5, 5.41) is 3.24. The molecule has 1 saturated carbocycles. The summed E-state index contributed by atoms with van der Waals surface area (Å²) in [6, 6.07) is 3.29. The third-order valence-corrected chi connectivity index (χ3v) is 3.74. The Balaban J connectivity index is 1.74. The van der Waals surface area contributed by atoms with Crippen molar-refractivity contribution in [1.82, 2.24) is 5.32 Å². The molecule has 2 rings (SSSR count). The fraction of sp³-hybridized carbons (Fsp3) is 0.923. The van der Waals surface area contributed by atoms with Crippen molar-refractivity contribution in [2.45, 2.75) is 51.3 Å². The molecule has 0 radical (unpaired) electrons. The van der Waals surface area contributed by atoms with Gasteiger partial charge in [0.2, 0.25) is 0 Å². The highest BCUT2D eigenvalue weighted by atomic mass is 16.5. The van der Waals surface area contributed by atoms with Crippen LogP contribution in [0.15, 0.2) is 9.98 Å². The van der Waals surface area contributed by atoms with Gasteiger partial charge >= 0.3 is 0 Å². The fourth-order valence-corrected chi connectivity index (χ4v) is 2.50. The number of ether oxygens (including phenoxy) is 1. The fourth-order valence-electron chi connectivity index (χ4n) is 2.50. The molecule has 17 heavy (non-hydrogen) atoms. The Morgan fingerprint density at radius 3 is 2.71 bits per heavy atom. The molecule has 1 aliphatic heterocycles. The molecule has 1 unspecified atom stereocenters. The molecule has 0 aromatic carbocycles. The van der Waals surface area contributed by atoms with Crippen LogP contribution in [-0.2, 0) is 4.74 Å². The average molecular weight is 237 g/mol. The number of nitrogens with one attached hydrogen (secondary N) is 1. The van der Waals surface area contributed by atoms with Crippen LogP contribution in [0.1, 0.15) is 39.0 Å². The van der Waals surface area contributed by atoms with Gasteiger partial charge in [0.05, 0.1) is 18.7 Å². The van der Waals surface area contributed by atoms with Gasteiger partial charge in [0.1, 0.15) is 0 Å². The molecule has 2 fully saturated rings. The number of hydrogen-bond donors (Lipinski definition) is 1. The van der Waals surface area contributed by atoms with E-state index in [0.29, 0.717) is 6.04 Å². The average Bonchev–Trinajstić information content (AvgIpc) is 2.41. The third kappa shape index (κ3) is 4.23. The van der Waals surface area contributed by atoms with Gasteiger partial charge in [-0.1, -0.05) is 13.3 Å². The van der Waals surface area contributed by atoms with Gasteiger partial charge in [0.15, 0.2) is 6.23 Å². The van der Waals surface area contributed by atoms with E-state index in [-0.39, 0.29) is 6.23 Å². The number of rotatable bonds is 3. The second-order valence-corrected chi connectivity index (χ2v) is 4.97. The molecule has 0 aromatic heterocycles. The topological polar surface area (TPSA) is 46.0 Å². The largest absolute Gasteiger partial charge is 0.353 e. The van der Waals surface area contributed by atoms with E-state index in [1.165, 1.54) is 32.1 Å². The molecule has 1 atom stereocenters. The summed E-state index contributed by atoms with van der Waals surface area (Å²) in [6.45, 7) is 4.72. The molecule has 1 aliphatic carbocycles. The summed E-state index contributed by atoms with van der Waals surface area (Å²) < 4.78 is 5.45. The molecule has 0 aromatic rings. The Morgan fingerprint density at radius 1 is 1.24 bits per heavy atom. The number of aliphatic imine (C=N–C) groups is 2. The lowest BCUT2D eigenvalue weighted by Crippen LogP contribution is -2.37. The van der Waals surface area contributed by atoms with Gasteiger partial charge in [-0.05, 0) is 31.6 Å². The summed E-state index contributed by atoms with van der Waals surface area (Å²) in [5.41, 5.74) is 0. The maximum Gasteiger partial charge on any atom is 0.171 e. The molecule has 4 nitrogen and oxygen atoms in total. The van der Waals surface area contributed by atoms with Crippen molar-refractivity contribution in [3.05, 3.63) is 0 Å². The molecule has 4 heteroatoms. The maximum absolute atomic E-state index is 5.45. The highest BCUT2D eigenvalue weighted by Crippen LogP contribution is 2.27. The first-order chi connectivity index (χ1) is 8.38. The monoisotopic (exact) mass is 237 g/mol. The Labute approximate surface area is 104 Å². The van der Waals surface area contributed by atoms with E-state index in [2.05, 4.69) is 28.2 Å². The zero-order valence-electron chi connectivity index (χ0n) is 10.7. The van der Waals surface area contributed by atoms with Gasteiger partial charge in [-0.2, -0.15) is 4.99 Å². The van der Waals surface area contributed by atoms with Crippen LogP contribution in [0, 0.1) is 5.92 Å². The van der Waals surface area contributed by atoms with Crippen molar-refractivity contribution in [2.75, 3.05) is 19.7 Å². The molecular weight excluding hydrogens is 214 g/mol. The van der Waals surface area contributed by atoms with E-state index in [1.54, 1.807) is 0 Å². The normalized spacial score (nSPS) is 33.8. The molecule has 1 saturated heterocycles. The predicted molar refractivity (Wildman–Crippen MR) is 68.5 cm³/mol. The minimum atomic E-state index is -0.0838. The van der Waals surface area contributed by atoms with E-state index in [4.69, 9.17) is 4.74 Å². The summed E-state index contributed by atoms with van der Waals surface area (Å²) in [6.07, 6.45) is 6.25. The lowest BCUT2D eigenvalue weighted by atomic mass is 9.85. The van der Waals surface area contributed by atoms with Crippen LogP contribution in [0.3, 0.4) is 0 Å². The lowest BCUT2D eigenvalue weighted by molar-refractivity contribution is 0.0352. The molecule has 96 valence electrons. The Morgan fingerprint density at radius 2 is 2.06 bits per heavy atom. The van der Waals surface area contributed by atoms with E-state index in [0.717, 1.165) is 25.6 Å². The highest BCUT2D eigenvalue weighted by molar-refractivity contribution is 5.41. The minimum absolute atomic E-state index is 0.0838. The predicted octanol–water partition coefficient (Wildman–Crippen LogP) is 2.08. The van der Waals surface area contributed by atoms with Gasteiger partial charge in [-0.15, -0.1) is 0 Å². The van der Waals surface area contributed by atoms with Crippen molar-refractivity contribution >= 4 is 6.01 Å². The van der Waals surface area contributed by atoms with Crippen molar-refractivity contribution in [3.63, 3.8) is 0 Å². The van der Waals surface area contributed by atoms with Gasteiger partial charge in [0.25, 0.3) is 0 Å². The summed E-state index contributed by atoms with van der Waals surface area (Å²) in [4.78, 5) is 8.64. The lowest BCUT2D eigenvalue weighted by Gasteiger charge is -2.24. The van der Waals surface area contributed by atoms with Crippen LogP contribution < -0.4 is 5.32 Å². The van der Waals surface area contributed by atoms with E-state index < -0.39 is 0 Å². The Kier molecular flexibility index (Phi) is 5.17. The standard InChI is InChI=1S/C13H23N3O/c1-2-11-3-5-12(6-4-11)15-10-16-13-9-14-7-8-17-13/h11-14H,2-9H2,1H3. The van der Waals surface area contributed by atoms with Gasteiger partial charge in [0, 0.05) is 13.1 Å². The zero-order valence-corrected chi connectivity index (χ0v) is 10.7. The van der Waals surface area contributed by atoms with Crippen LogP contribution in [0.4, 0.5) is 0 Å². The molecular formula is C13H23N3O. The van der Waals surface area contributed by atoms with Crippen molar-refractivity contribution in [1.29, 1.82) is 0 Å². The van der Waals surface area contributed by atoms with Crippen LogP contribution in [0.5, 0.6) is 0 Å². The van der Waals surface area contributed by atoms with E-state index in [1.807, 2.05) is 0 Å². The van der Waals surface area contributed by atoms with Crippen molar-refractivity contribution in [2.24, 2.45) is 15.9 Å². The summed E-state index contributed by atoms with van der Waals surface area (Å²) in [5.74, 6) is 0.921. The summed E-state index contributed by atoms with van der Waals surface area (Å²) in [7, 11) is 0. The van der Waals surface area contributed by atoms with Gasteiger partial charge < -0.3 is 10.1 Å². The first-order valence-electron chi connectivity index (χ1n) is 6.85. The molecule has 0 amide bonds. The molecule has 0 bridgehead atoms. The first kappa shape index (κ1) is 12.7. The SMILES string of the molecule is CCC1CCC(N=C=NC2CNCCO2)CC1. The van der Waals surface area contributed by atoms with Crippen LogP contribution in [0.25, 0.3) is 0 Å². The second kappa shape index (κ2) is 6.90. The number of nitrogens with zero attached hydrogens (tertiary/aromatic N) is 2. The van der Waals surface area contributed by atoms with Crippen LogP contribution in [-0.4, -0.2) is 38.0 Å². The third-order valence-electron chi connectivity index (χ3n) is 3.74. The minimum Gasteiger partial charge on any atom is -0.353 e. The highest BCUT2D eigenvalue weighted by Gasteiger charge is 2.18. The van der Waals surface area contributed by atoms with Crippen molar-refractivity contribution in [3.8, 4) is 0 Å². The zero-order chi connectivity index (χ0) is 11.9. The molecule has 2 aliphatic rings. The van der Waals surface area contributed by atoms with Gasteiger partial charge in [-0.3, -0.25) is 0 Å². The maximum atomic E-state index is 5.45. The number of morpholine rings is 1. The molecule has 0 spiro atoms. The van der Waals surface area contributed by atoms with Crippen LogP contribution >= 0.6 is 0 Å². The van der Waals surface area contributed by atoms with Gasteiger partial charge in [-0.25, -0.2) is 4.99 Å². The first-order valence-corrected chi connectivity index (χ1v) is 6.85. The second-order valence-electron chi connectivity index (χ2n) is 4.97. The van der Waals surface area contributed by atoms with Crippen molar-refractivity contribution < 1.29 is 4.74 Å². The van der Waals surface area contributed by atoms with Crippen LogP contribution in [0.2, 0.25) is 0 Å². The summed E-state index contributed by atoms with van der Waals surface area (Å²) >= 11 is 0. The molecule has 1 N–H and O–H groups in total. The Hall–Kier alpha value is -0.700. The number of hydrogen-bond acceptors (Lipinski definition) is 4.